The van der Waals surface area contributed by atoms with E-state index in [1.54, 1.807) is 6.20 Å². The number of hydrogen-bond donors (Lipinski definition) is 1. The Balaban J connectivity index is 1.60. The molecule has 1 aromatic heterocycles. The van der Waals surface area contributed by atoms with E-state index in [1.807, 2.05) is 40.1 Å². The van der Waals surface area contributed by atoms with Gasteiger partial charge in [0, 0.05) is 42.7 Å². The number of fused-ring (bicyclic) bond motifs is 4. The zero-order valence-electron chi connectivity index (χ0n) is 14.4. The van der Waals surface area contributed by atoms with E-state index in [9.17, 15) is 9.59 Å². The normalized spacial score (nSPS) is 23.6. The molecule has 2 fully saturated rings. The van der Waals surface area contributed by atoms with Crippen LogP contribution in [0.4, 0.5) is 0 Å². The third kappa shape index (κ3) is 3.40. The number of carbonyl (C=O) groups is 2. The Hall–Kier alpha value is -2.51. The van der Waals surface area contributed by atoms with E-state index in [0.29, 0.717) is 38.4 Å². The number of aromatic nitrogens is 1. The van der Waals surface area contributed by atoms with Crippen molar-refractivity contribution < 1.29 is 19.4 Å². The number of rotatable bonds is 3. The largest absolute Gasteiger partial charge is 0.480 e. The zero-order chi connectivity index (χ0) is 18.1. The summed E-state index contributed by atoms with van der Waals surface area (Å²) in [7, 11) is 0. The Bertz CT molecular complexity index is 840. The molecule has 0 saturated carbocycles. The van der Waals surface area contributed by atoms with Crippen LogP contribution in [0.5, 0.6) is 0 Å². The molecule has 2 aliphatic heterocycles. The zero-order valence-corrected chi connectivity index (χ0v) is 14.4. The van der Waals surface area contributed by atoms with Crippen molar-refractivity contribution in [2.24, 2.45) is 5.92 Å². The maximum atomic E-state index is 13.2. The fourth-order valence-electron chi connectivity index (χ4n) is 3.88. The van der Waals surface area contributed by atoms with Crippen LogP contribution in [-0.2, 0) is 9.53 Å². The second-order valence-electron chi connectivity index (χ2n) is 7.01. The Morgan fingerprint density at radius 3 is 2.92 bits per heavy atom. The van der Waals surface area contributed by atoms with Crippen LogP contribution in [-0.4, -0.2) is 77.2 Å². The average Bonchev–Trinajstić information content (AvgIpc) is 2.91. The van der Waals surface area contributed by atoms with Gasteiger partial charge < -0.3 is 14.7 Å². The Kier molecular flexibility index (Phi) is 4.57. The minimum absolute atomic E-state index is 0.00330. The Morgan fingerprint density at radius 2 is 2.08 bits per heavy atom. The van der Waals surface area contributed by atoms with Gasteiger partial charge in [-0.1, -0.05) is 6.07 Å². The molecule has 0 radical (unpaired) electrons. The number of carbonyl (C=O) groups excluding carboxylic acids is 1. The van der Waals surface area contributed by atoms with Crippen LogP contribution >= 0.6 is 0 Å². The molecule has 2 saturated heterocycles. The summed E-state index contributed by atoms with van der Waals surface area (Å²) in [4.78, 5) is 32.3. The van der Waals surface area contributed by atoms with Crippen LogP contribution in [0.1, 0.15) is 10.4 Å². The molecule has 1 amide bonds. The lowest BCUT2D eigenvalue weighted by molar-refractivity contribution is -0.138. The SMILES string of the molecule is O=C(O)CN1C[C@@H]2COC[C@H](C1)N(C(=O)c1ccc3ncccc3c1)C2. The summed E-state index contributed by atoms with van der Waals surface area (Å²) < 4.78 is 5.72. The molecule has 1 N–H and O–H groups in total. The van der Waals surface area contributed by atoms with Gasteiger partial charge in [-0.15, -0.1) is 0 Å². The number of nitrogens with zero attached hydrogens (tertiary/aromatic N) is 3. The van der Waals surface area contributed by atoms with E-state index in [0.717, 1.165) is 10.9 Å². The van der Waals surface area contributed by atoms with Gasteiger partial charge in [0.15, 0.2) is 0 Å². The quantitative estimate of drug-likeness (QED) is 0.888. The summed E-state index contributed by atoms with van der Waals surface area (Å²) in [6, 6.07) is 9.20. The fourth-order valence-corrected chi connectivity index (χ4v) is 3.88. The number of hydrogen-bond acceptors (Lipinski definition) is 5. The standard InChI is InChI=1S/C19H21N3O4/c23-18(24)10-21-7-13-8-22(16(9-21)12-26-11-13)19(25)15-3-4-17-14(6-15)2-1-5-20-17/h1-6,13,16H,7-12H2,(H,23,24)/t13-,16-/m0/s1. The van der Waals surface area contributed by atoms with Crippen molar-refractivity contribution in [1.29, 1.82) is 0 Å². The summed E-state index contributed by atoms with van der Waals surface area (Å²) in [5.74, 6) is -0.757. The molecule has 0 spiro atoms. The predicted molar refractivity (Wildman–Crippen MR) is 95.0 cm³/mol. The van der Waals surface area contributed by atoms with Crippen molar-refractivity contribution in [3.05, 3.63) is 42.1 Å². The van der Waals surface area contributed by atoms with Gasteiger partial charge in [0.25, 0.3) is 5.91 Å². The number of carboxylic acids is 1. The lowest BCUT2D eigenvalue weighted by Crippen LogP contribution is -2.47. The molecule has 2 aromatic rings. The summed E-state index contributed by atoms with van der Waals surface area (Å²) in [5.41, 5.74) is 1.48. The van der Waals surface area contributed by atoms with E-state index >= 15 is 0 Å². The van der Waals surface area contributed by atoms with Crippen LogP contribution in [0.25, 0.3) is 10.9 Å². The second-order valence-corrected chi connectivity index (χ2v) is 7.01. The molecule has 7 nitrogen and oxygen atoms in total. The highest BCUT2D eigenvalue weighted by Crippen LogP contribution is 2.23. The number of pyridine rings is 1. The van der Waals surface area contributed by atoms with Gasteiger partial charge in [-0.2, -0.15) is 0 Å². The summed E-state index contributed by atoms with van der Waals surface area (Å²) >= 11 is 0. The molecule has 26 heavy (non-hydrogen) atoms. The maximum Gasteiger partial charge on any atom is 0.317 e. The lowest BCUT2D eigenvalue weighted by atomic mass is 10.1. The summed E-state index contributed by atoms with van der Waals surface area (Å²) in [5, 5.41) is 10.0. The minimum Gasteiger partial charge on any atom is -0.480 e. The molecule has 0 unspecified atom stereocenters. The molecule has 1 aromatic carbocycles. The molecule has 7 heteroatoms. The van der Waals surface area contributed by atoms with Crippen LogP contribution in [0.3, 0.4) is 0 Å². The minimum atomic E-state index is -0.842. The number of benzene rings is 1. The summed E-state index contributed by atoms with van der Waals surface area (Å²) in [6.45, 7) is 2.73. The van der Waals surface area contributed by atoms with Crippen LogP contribution in [0.2, 0.25) is 0 Å². The first kappa shape index (κ1) is 16.9. The molecular weight excluding hydrogens is 334 g/mol. The summed E-state index contributed by atoms with van der Waals surface area (Å²) in [6.07, 6.45) is 1.73. The van der Waals surface area contributed by atoms with E-state index in [4.69, 9.17) is 9.84 Å². The average molecular weight is 355 g/mol. The first-order valence-electron chi connectivity index (χ1n) is 8.78. The molecule has 2 atom stereocenters. The van der Waals surface area contributed by atoms with Crippen molar-refractivity contribution in [2.45, 2.75) is 6.04 Å². The maximum absolute atomic E-state index is 13.2. The number of amides is 1. The Morgan fingerprint density at radius 1 is 1.19 bits per heavy atom. The Labute approximate surface area is 151 Å². The first-order valence-corrected chi connectivity index (χ1v) is 8.78. The number of carboxylic acid groups (broad SMARTS) is 1. The predicted octanol–water partition coefficient (Wildman–Crippen LogP) is 1.09. The molecular formula is C19H21N3O4. The fraction of sp³-hybridized carbons (Fsp3) is 0.421. The monoisotopic (exact) mass is 355 g/mol. The van der Waals surface area contributed by atoms with Crippen LogP contribution in [0.15, 0.2) is 36.5 Å². The van der Waals surface area contributed by atoms with E-state index in [1.165, 1.54) is 0 Å². The van der Waals surface area contributed by atoms with Crippen molar-refractivity contribution in [1.82, 2.24) is 14.8 Å². The lowest BCUT2D eigenvalue weighted by Gasteiger charge is -2.30. The molecule has 4 rings (SSSR count). The topological polar surface area (TPSA) is 83.0 Å². The van der Waals surface area contributed by atoms with Crippen molar-refractivity contribution >= 4 is 22.8 Å². The van der Waals surface area contributed by atoms with Crippen molar-refractivity contribution in [3.63, 3.8) is 0 Å². The van der Waals surface area contributed by atoms with E-state index < -0.39 is 5.97 Å². The molecule has 0 aliphatic carbocycles. The number of aliphatic carboxylic acids is 1. The molecule has 136 valence electrons. The van der Waals surface area contributed by atoms with Gasteiger partial charge in [0.1, 0.15) is 0 Å². The third-order valence-corrected chi connectivity index (χ3v) is 5.01. The van der Waals surface area contributed by atoms with Gasteiger partial charge in [-0.25, -0.2) is 0 Å². The van der Waals surface area contributed by atoms with E-state index in [2.05, 4.69) is 4.98 Å². The van der Waals surface area contributed by atoms with Crippen LogP contribution in [0, 0.1) is 5.92 Å². The van der Waals surface area contributed by atoms with Gasteiger partial charge >= 0.3 is 5.97 Å². The molecule has 2 aliphatic rings. The van der Waals surface area contributed by atoms with Gasteiger partial charge in [0.2, 0.25) is 0 Å². The van der Waals surface area contributed by atoms with Gasteiger partial charge in [0.05, 0.1) is 31.3 Å². The van der Waals surface area contributed by atoms with Crippen molar-refractivity contribution in [3.8, 4) is 0 Å². The van der Waals surface area contributed by atoms with Crippen molar-refractivity contribution in [2.75, 3.05) is 39.4 Å². The second kappa shape index (κ2) is 7.01. The first-order chi connectivity index (χ1) is 12.6. The van der Waals surface area contributed by atoms with Gasteiger partial charge in [-0.3, -0.25) is 19.5 Å². The number of ether oxygens (including phenoxy) is 1. The molecule has 2 bridgehead atoms. The highest BCUT2D eigenvalue weighted by Gasteiger charge is 2.36. The third-order valence-electron chi connectivity index (χ3n) is 5.01. The van der Waals surface area contributed by atoms with Crippen LogP contribution < -0.4 is 0 Å². The molecule has 3 heterocycles. The van der Waals surface area contributed by atoms with E-state index in [-0.39, 0.29) is 24.4 Å². The highest BCUT2D eigenvalue weighted by atomic mass is 16.5. The smallest absolute Gasteiger partial charge is 0.317 e. The highest BCUT2D eigenvalue weighted by molar-refractivity contribution is 5.98. The van der Waals surface area contributed by atoms with Gasteiger partial charge in [-0.05, 0) is 24.3 Å².